The Kier molecular flexibility index (Phi) is 5.32. The molecule has 3 nitrogen and oxygen atoms in total. The maximum atomic E-state index is 8.76. The zero-order valence-corrected chi connectivity index (χ0v) is 11.0. The first-order valence-electron chi connectivity index (χ1n) is 5.59. The first-order chi connectivity index (χ1) is 7.24. The van der Waals surface area contributed by atoms with Gasteiger partial charge in [-0.2, -0.15) is 5.10 Å². The second-order valence-electron chi connectivity index (χ2n) is 3.56. The van der Waals surface area contributed by atoms with Crippen molar-refractivity contribution >= 4 is 15.9 Å². The molecule has 4 heteroatoms. The van der Waals surface area contributed by atoms with Crippen LogP contribution in [-0.4, -0.2) is 21.5 Å². The molecule has 0 unspecified atom stereocenters. The third-order valence-corrected chi connectivity index (χ3v) is 3.43. The molecule has 0 bridgehead atoms. The zero-order chi connectivity index (χ0) is 11.3. The van der Waals surface area contributed by atoms with Gasteiger partial charge in [0.15, 0.2) is 0 Å². The predicted octanol–water partition coefficient (Wildman–Crippen LogP) is 2.54. The van der Waals surface area contributed by atoms with Crippen molar-refractivity contribution in [3.63, 3.8) is 0 Å². The fourth-order valence-electron chi connectivity index (χ4n) is 1.66. The average molecular weight is 275 g/mol. The normalized spacial score (nSPS) is 10.9. The molecule has 86 valence electrons. The molecule has 0 atom stereocenters. The van der Waals surface area contributed by atoms with Gasteiger partial charge in [-0.25, -0.2) is 0 Å². The fraction of sp³-hybridized carbons (Fsp3) is 0.727. The van der Waals surface area contributed by atoms with E-state index in [0.29, 0.717) is 0 Å². The smallest absolute Gasteiger partial charge is 0.0766 e. The largest absolute Gasteiger partial charge is 0.396 e. The number of aliphatic hydroxyl groups is 1. The second-order valence-corrected chi connectivity index (χ2v) is 4.35. The van der Waals surface area contributed by atoms with Crippen molar-refractivity contribution < 1.29 is 5.11 Å². The molecule has 0 saturated carbocycles. The number of rotatable bonds is 6. The minimum absolute atomic E-state index is 0.276. The van der Waals surface area contributed by atoms with E-state index in [0.717, 1.165) is 42.4 Å². The van der Waals surface area contributed by atoms with Crippen molar-refractivity contribution in [2.75, 3.05) is 6.61 Å². The van der Waals surface area contributed by atoms with Gasteiger partial charge in [0.2, 0.25) is 0 Å². The van der Waals surface area contributed by atoms with E-state index >= 15 is 0 Å². The van der Waals surface area contributed by atoms with Gasteiger partial charge in [-0.3, -0.25) is 4.68 Å². The standard InChI is InChI=1S/C11H19BrN2O/c1-3-9-11(12)10(7-5-6-8-15)14(4-2)13-9/h15H,3-8H2,1-2H3. The Bertz CT molecular complexity index is 310. The minimum Gasteiger partial charge on any atom is -0.396 e. The van der Waals surface area contributed by atoms with Crippen LogP contribution in [0, 0.1) is 0 Å². The van der Waals surface area contributed by atoms with Gasteiger partial charge in [-0.1, -0.05) is 6.92 Å². The van der Waals surface area contributed by atoms with Crippen LogP contribution < -0.4 is 0 Å². The summed E-state index contributed by atoms with van der Waals surface area (Å²) in [7, 11) is 0. The van der Waals surface area contributed by atoms with Crippen molar-refractivity contribution in [3.8, 4) is 0 Å². The van der Waals surface area contributed by atoms with E-state index in [9.17, 15) is 0 Å². The highest BCUT2D eigenvalue weighted by Crippen LogP contribution is 2.23. The number of hydrogen-bond acceptors (Lipinski definition) is 2. The molecule has 1 aromatic rings. The van der Waals surface area contributed by atoms with Gasteiger partial charge in [0.25, 0.3) is 0 Å². The van der Waals surface area contributed by atoms with E-state index in [1.165, 1.54) is 5.69 Å². The molecular formula is C11H19BrN2O. The van der Waals surface area contributed by atoms with Crippen LogP contribution in [-0.2, 0) is 19.4 Å². The van der Waals surface area contributed by atoms with Gasteiger partial charge >= 0.3 is 0 Å². The van der Waals surface area contributed by atoms with Crippen molar-refractivity contribution in [2.45, 2.75) is 46.1 Å². The summed E-state index contributed by atoms with van der Waals surface area (Å²) in [4.78, 5) is 0. The summed E-state index contributed by atoms with van der Waals surface area (Å²) in [6.45, 7) is 5.41. The van der Waals surface area contributed by atoms with E-state index in [1.54, 1.807) is 0 Å². The number of aryl methyl sites for hydroxylation is 2. The second kappa shape index (κ2) is 6.28. The lowest BCUT2D eigenvalue weighted by atomic mass is 10.2. The van der Waals surface area contributed by atoms with Crippen LogP contribution in [0.1, 0.15) is 38.1 Å². The van der Waals surface area contributed by atoms with Crippen LogP contribution in [0.15, 0.2) is 4.47 Å². The number of aliphatic hydroxyl groups excluding tert-OH is 1. The number of hydrogen-bond donors (Lipinski definition) is 1. The van der Waals surface area contributed by atoms with E-state index in [4.69, 9.17) is 5.11 Å². The SMILES string of the molecule is CCc1nn(CC)c(CCCCO)c1Br. The van der Waals surface area contributed by atoms with Gasteiger partial charge in [0.05, 0.1) is 15.9 Å². The van der Waals surface area contributed by atoms with Gasteiger partial charge in [0.1, 0.15) is 0 Å². The van der Waals surface area contributed by atoms with Crippen LogP contribution in [0.2, 0.25) is 0 Å². The molecule has 0 radical (unpaired) electrons. The lowest BCUT2D eigenvalue weighted by Crippen LogP contribution is -2.03. The molecular weight excluding hydrogens is 256 g/mol. The minimum atomic E-state index is 0.276. The van der Waals surface area contributed by atoms with Crippen LogP contribution in [0.25, 0.3) is 0 Å². The number of nitrogens with zero attached hydrogens (tertiary/aromatic N) is 2. The first-order valence-corrected chi connectivity index (χ1v) is 6.38. The van der Waals surface area contributed by atoms with Gasteiger partial charge in [-0.05, 0) is 48.5 Å². The molecule has 0 aromatic carbocycles. The van der Waals surface area contributed by atoms with E-state index in [-0.39, 0.29) is 6.61 Å². The molecule has 0 saturated heterocycles. The van der Waals surface area contributed by atoms with Gasteiger partial charge in [-0.15, -0.1) is 0 Å². The topological polar surface area (TPSA) is 38.0 Å². The molecule has 1 aromatic heterocycles. The Morgan fingerprint density at radius 3 is 2.60 bits per heavy atom. The molecule has 0 aliphatic rings. The monoisotopic (exact) mass is 274 g/mol. The summed E-state index contributed by atoms with van der Waals surface area (Å²) in [5.41, 5.74) is 2.40. The maximum absolute atomic E-state index is 8.76. The van der Waals surface area contributed by atoms with Crippen molar-refractivity contribution in [1.29, 1.82) is 0 Å². The lowest BCUT2D eigenvalue weighted by molar-refractivity contribution is 0.284. The first kappa shape index (κ1) is 12.7. The van der Waals surface area contributed by atoms with E-state index < -0.39 is 0 Å². The third-order valence-electron chi connectivity index (χ3n) is 2.52. The van der Waals surface area contributed by atoms with Crippen molar-refractivity contribution in [1.82, 2.24) is 9.78 Å². The van der Waals surface area contributed by atoms with Crippen LogP contribution in [0.3, 0.4) is 0 Å². The molecule has 0 fully saturated rings. The van der Waals surface area contributed by atoms with Crippen LogP contribution >= 0.6 is 15.9 Å². The highest BCUT2D eigenvalue weighted by molar-refractivity contribution is 9.10. The Hall–Kier alpha value is -0.350. The quantitative estimate of drug-likeness (QED) is 0.810. The number of unbranched alkanes of at least 4 members (excludes halogenated alkanes) is 1. The lowest BCUT2D eigenvalue weighted by Gasteiger charge is -2.04. The predicted molar refractivity (Wildman–Crippen MR) is 65.0 cm³/mol. The summed E-state index contributed by atoms with van der Waals surface area (Å²) in [5.74, 6) is 0. The molecule has 15 heavy (non-hydrogen) atoms. The highest BCUT2D eigenvalue weighted by Gasteiger charge is 2.12. The zero-order valence-electron chi connectivity index (χ0n) is 9.46. The van der Waals surface area contributed by atoms with Crippen molar-refractivity contribution in [3.05, 3.63) is 15.9 Å². The molecule has 0 amide bonds. The van der Waals surface area contributed by atoms with Crippen molar-refractivity contribution in [2.24, 2.45) is 0 Å². The fourth-order valence-corrected chi connectivity index (χ4v) is 2.42. The Balaban J connectivity index is 2.78. The number of halogens is 1. The summed E-state index contributed by atoms with van der Waals surface area (Å²) in [6.07, 6.45) is 3.83. The molecule has 0 spiro atoms. The Labute approximate surface area is 99.6 Å². The molecule has 1 rings (SSSR count). The summed E-state index contributed by atoms with van der Waals surface area (Å²) < 4.78 is 3.21. The molecule has 1 heterocycles. The summed E-state index contributed by atoms with van der Waals surface area (Å²) in [5, 5.41) is 13.3. The molecule has 0 aliphatic carbocycles. The molecule has 0 aliphatic heterocycles. The summed E-state index contributed by atoms with van der Waals surface area (Å²) in [6, 6.07) is 0. The average Bonchev–Trinajstić information content (AvgIpc) is 2.56. The molecule has 1 N–H and O–H groups in total. The number of aromatic nitrogens is 2. The van der Waals surface area contributed by atoms with E-state index in [2.05, 4.69) is 39.6 Å². The Morgan fingerprint density at radius 1 is 1.33 bits per heavy atom. The highest BCUT2D eigenvalue weighted by atomic mass is 79.9. The third kappa shape index (κ3) is 3.05. The maximum Gasteiger partial charge on any atom is 0.0766 e. The van der Waals surface area contributed by atoms with Gasteiger partial charge in [0, 0.05) is 13.2 Å². The summed E-state index contributed by atoms with van der Waals surface area (Å²) >= 11 is 3.61. The van der Waals surface area contributed by atoms with E-state index in [1.807, 2.05) is 0 Å². The Morgan fingerprint density at radius 2 is 2.07 bits per heavy atom. The van der Waals surface area contributed by atoms with Crippen LogP contribution in [0.4, 0.5) is 0 Å². The van der Waals surface area contributed by atoms with Crippen LogP contribution in [0.5, 0.6) is 0 Å². The van der Waals surface area contributed by atoms with Gasteiger partial charge < -0.3 is 5.11 Å².